The van der Waals surface area contributed by atoms with Crippen molar-refractivity contribution in [3.8, 4) is 0 Å². The summed E-state index contributed by atoms with van der Waals surface area (Å²) in [4.78, 5) is 23.8. The van der Waals surface area contributed by atoms with Crippen molar-refractivity contribution < 1.29 is 9.59 Å². The second kappa shape index (κ2) is 6.62. The molecule has 114 valence electrons. The Bertz CT molecular complexity index is 678. The Hall–Kier alpha value is -2.33. The highest BCUT2D eigenvalue weighted by atomic mass is 35.5. The molecule has 2 rings (SSSR count). The number of anilines is 2. The zero-order valence-corrected chi connectivity index (χ0v) is 13.4. The summed E-state index contributed by atoms with van der Waals surface area (Å²) in [7, 11) is 0. The van der Waals surface area contributed by atoms with Crippen LogP contribution >= 0.6 is 11.6 Å². The maximum atomic E-state index is 11.9. The van der Waals surface area contributed by atoms with E-state index in [-0.39, 0.29) is 0 Å². The van der Waals surface area contributed by atoms with Crippen LogP contribution in [-0.2, 0) is 9.59 Å². The molecule has 22 heavy (non-hydrogen) atoms. The largest absolute Gasteiger partial charge is 0.318 e. The van der Waals surface area contributed by atoms with Crippen LogP contribution in [-0.4, -0.2) is 11.8 Å². The smallest absolute Gasteiger partial charge is 0.314 e. The Balaban J connectivity index is 2.04. The van der Waals surface area contributed by atoms with E-state index in [1.165, 1.54) is 0 Å². The Morgan fingerprint density at radius 3 is 1.77 bits per heavy atom. The van der Waals surface area contributed by atoms with Gasteiger partial charge in [0.15, 0.2) is 0 Å². The predicted molar refractivity (Wildman–Crippen MR) is 89.4 cm³/mol. The minimum atomic E-state index is -0.738. The monoisotopic (exact) mass is 316 g/mol. The second-order valence-electron chi connectivity index (χ2n) is 5.17. The van der Waals surface area contributed by atoms with E-state index < -0.39 is 11.8 Å². The van der Waals surface area contributed by atoms with Gasteiger partial charge in [0.25, 0.3) is 0 Å². The molecule has 0 aliphatic carbocycles. The summed E-state index contributed by atoms with van der Waals surface area (Å²) in [6.07, 6.45) is 0. The number of halogens is 1. The normalized spacial score (nSPS) is 10.2. The van der Waals surface area contributed by atoms with Crippen molar-refractivity contribution in [3.05, 3.63) is 58.1 Å². The summed E-state index contributed by atoms with van der Waals surface area (Å²) in [5.74, 6) is -1.46. The van der Waals surface area contributed by atoms with Gasteiger partial charge in [0.1, 0.15) is 0 Å². The molecule has 2 N–H and O–H groups in total. The third kappa shape index (κ3) is 3.86. The number of hydrogen-bond donors (Lipinski definition) is 2. The fourth-order valence-electron chi connectivity index (χ4n) is 1.87. The first-order chi connectivity index (χ1) is 10.4. The average Bonchev–Trinajstić information content (AvgIpc) is 2.46. The minimum absolute atomic E-state index is 0.482. The SMILES string of the molecule is Cc1ccc(NC(=O)C(=O)Nc2ccc(C)c(Cl)c2)cc1C. The maximum absolute atomic E-state index is 11.9. The van der Waals surface area contributed by atoms with Gasteiger partial charge in [-0.3, -0.25) is 9.59 Å². The topological polar surface area (TPSA) is 58.2 Å². The Kier molecular flexibility index (Phi) is 4.83. The molecule has 0 unspecified atom stereocenters. The van der Waals surface area contributed by atoms with Gasteiger partial charge in [-0.1, -0.05) is 23.7 Å². The number of hydrogen-bond acceptors (Lipinski definition) is 2. The number of rotatable bonds is 2. The van der Waals surface area contributed by atoms with E-state index in [1.807, 2.05) is 32.9 Å². The van der Waals surface area contributed by atoms with Crippen LogP contribution in [0.2, 0.25) is 5.02 Å². The molecule has 0 saturated carbocycles. The van der Waals surface area contributed by atoms with Crippen molar-refractivity contribution in [2.24, 2.45) is 0 Å². The standard InChI is InChI=1S/C17H17ClN2O2/c1-10-4-6-13(8-12(10)3)19-16(21)17(22)20-14-7-5-11(2)15(18)9-14/h4-9H,1-3H3,(H,19,21)(H,20,22). The molecule has 5 heteroatoms. The molecule has 0 radical (unpaired) electrons. The fourth-order valence-corrected chi connectivity index (χ4v) is 2.05. The van der Waals surface area contributed by atoms with Gasteiger partial charge in [0, 0.05) is 16.4 Å². The summed E-state index contributed by atoms with van der Waals surface area (Å²) < 4.78 is 0. The lowest BCUT2D eigenvalue weighted by Gasteiger charge is -2.09. The number of carbonyl (C=O) groups excluding carboxylic acids is 2. The summed E-state index contributed by atoms with van der Waals surface area (Å²) in [6, 6.07) is 10.6. The van der Waals surface area contributed by atoms with Crippen molar-refractivity contribution in [1.29, 1.82) is 0 Å². The van der Waals surface area contributed by atoms with Crippen molar-refractivity contribution >= 4 is 34.8 Å². The molecule has 4 nitrogen and oxygen atoms in total. The van der Waals surface area contributed by atoms with Crippen LogP contribution < -0.4 is 10.6 Å². The lowest BCUT2D eigenvalue weighted by atomic mass is 10.1. The molecule has 2 aromatic rings. The van der Waals surface area contributed by atoms with Crippen LogP contribution in [0.5, 0.6) is 0 Å². The lowest BCUT2D eigenvalue weighted by molar-refractivity contribution is -0.132. The van der Waals surface area contributed by atoms with E-state index in [9.17, 15) is 9.59 Å². The van der Waals surface area contributed by atoms with Crippen molar-refractivity contribution in [2.75, 3.05) is 10.6 Å². The Labute approximate surface area is 134 Å². The highest BCUT2D eigenvalue weighted by Crippen LogP contribution is 2.20. The predicted octanol–water partition coefficient (Wildman–Crippen LogP) is 3.84. The highest BCUT2D eigenvalue weighted by molar-refractivity contribution is 6.43. The quantitative estimate of drug-likeness (QED) is 0.827. The number of amides is 2. The molecule has 2 aromatic carbocycles. The number of aryl methyl sites for hydroxylation is 3. The van der Waals surface area contributed by atoms with E-state index in [4.69, 9.17) is 11.6 Å². The van der Waals surface area contributed by atoms with Gasteiger partial charge < -0.3 is 10.6 Å². The van der Waals surface area contributed by atoms with E-state index in [2.05, 4.69) is 10.6 Å². The van der Waals surface area contributed by atoms with Gasteiger partial charge in [-0.25, -0.2) is 0 Å². The van der Waals surface area contributed by atoms with E-state index >= 15 is 0 Å². The van der Waals surface area contributed by atoms with Gasteiger partial charge >= 0.3 is 11.8 Å². The summed E-state index contributed by atoms with van der Waals surface area (Å²) >= 11 is 5.99. The number of benzene rings is 2. The first-order valence-electron chi connectivity index (χ1n) is 6.82. The number of carbonyl (C=O) groups is 2. The van der Waals surface area contributed by atoms with Crippen molar-refractivity contribution in [3.63, 3.8) is 0 Å². The average molecular weight is 317 g/mol. The molecule has 0 atom stereocenters. The first kappa shape index (κ1) is 16.0. The van der Waals surface area contributed by atoms with Gasteiger partial charge in [-0.2, -0.15) is 0 Å². The van der Waals surface area contributed by atoms with Crippen LogP contribution in [0.15, 0.2) is 36.4 Å². The van der Waals surface area contributed by atoms with Crippen molar-refractivity contribution in [1.82, 2.24) is 0 Å². The molecule has 0 aromatic heterocycles. The minimum Gasteiger partial charge on any atom is -0.318 e. The van der Waals surface area contributed by atoms with Crippen LogP contribution in [0.4, 0.5) is 11.4 Å². The zero-order valence-electron chi connectivity index (χ0n) is 12.7. The molecular formula is C17H17ClN2O2. The van der Waals surface area contributed by atoms with Crippen LogP contribution in [0, 0.1) is 20.8 Å². The number of nitrogens with one attached hydrogen (secondary N) is 2. The molecule has 0 bridgehead atoms. The van der Waals surface area contributed by atoms with E-state index in [0.717, 1.165) is 16.7 Å². The highest BCUT2D eigenvalue weighted by Gasteiger charge is 2.14. The lowest BCUT2D eigenvalue weighted by Crippen LogP contribution is -2.29. The summed E-state index contributed by atoms with van der Waals surface area (Å²) in [6.45, 7) is 5.79. The fraction of sp³-hybridized carbons (Fsp3) is 0.176. The van der Waals surface area contributed by atoms with Gasteiger partial charge in [0.2, 0.25) is 0 Å². The van der Waals surface area contributed by atoms with E-state index in [0.29, 0.717) is 16.4 Å². The maximum Gasteiger partial charge on any atom is 0.314 e. The third-order valence-electron chi connectivity index (χ3n) is 3.40. The molecule has 0 saturated heterocycles. The summed E-state index contributed by atoms with van der Waals surface area (Å²) in [5.41, 5.74) is 4.14. The Morgan fingerprint density at radius 2 is 1.27 bits per heavy atom. The molecule has 2 amide bonds. The molecule has 0 aliphatic heterocycles. The summed E-state index contributed by atoms with van der Waals surface area (Å²) in [5, 5.41) is 5.63. The van der Waals surface area contributed by atoms with Crippen LogP contribution in [0.1, 0.15) is 16.7 Å². The Morgan fingerprint density at radius 1 is 0.773 bits per heavy atom. The van der Waals surface area contributed by atoms with Crippen molar-refractivity contribution in [2.45, 2.75) is 20.8 Å². The molecular weight excluding hydrogens is 300 g/mol. The third-order valence-corrected chi connectivity index (χ3v) is 3.81. The van der Waals surface area contributed by atoms with Crippen LogP contribution in [0.25, 0.3) is 0 Å². The first-order valence-corrected chi connectivity index (χ1v) is 7.20. The zero-order chi connectivity index (χ0) is 16.3. The molecule has 0 fully saturated rings. The second-order valence-corrected chi connectivity index (χ2v) is 5.58. The van der Waals surface area contributed by atoms with Gasteiger partial charge in [-0.15, -0.1) is 0 Å². The molecule has 0 heterocycles. The molecule has 0 aliphatic rings. The van der Waals surface area contributed by atoms with Gasteiger partial charge in [-0.05, 0) is 61.7 Å². The van der Waals surface area contributed by atoms with Crippen LogP contribution in [0.3, 0.4) is 0 Å². The molecule has 0 spiro atoms. The van der Waals surface area contributed by atoms with Gasteiger partial charge in [0.05, 0.1) is 0 Å². The van der Waals surface area contributed by atoms with E-state index in [1.54, 1.807) is 24.3 Å².